The van der Waals surface area contributed by atoms with E-state index in [9.17, 15) is 9.59 Å². The molecule has 0 spiro atoms. The standard InChI is InChI=1S/C8H14O3.C4H6O2/c1-3-11-6-4-5-7(2)8(9)10;1-3(2)4(5)6/h5H,3-4,6H2,1-2H3,(H,9,10);1H2,2H3,(H,5,6). The molecule has 0 aliphatic carbocycles. The Morgan fingerprint density at radius 2 is 1.71 bits per heavy atom. The fourth-order valence-electron chi connectivity index (χ4n) is 0.590. The van der Waals surface area contributed by atoms with Gasteiger partial charge in [0.05, 0.1) is 6.61 Å². The van der Waals surface area contributed by atoms with Gasteiger partial charge in [-0.3, -0.25) is 0 Å². The minimum atomic E-state index is -0.935. The smallest absolute Gasteiger partial charge is 0.330 e. The largest absolute Gasteiger partial charge is 0.478 e. The number of hydrogen-bond donors (Lipinski definition) is 2. The summed E-state index contributed by atoms with van der Waals surface area (Å²) in [5.74, 6) is -1.79. The monoisotopic (exact) mass is 244 g/mol. The van der Waals surface area contributed by atoms with E-state index in [1.165, 1.54) is 6.92 Å². The van der Waals surface area contributed by atoms with Crippen LogP contribution in [0.5, 0.6) is 0 Å². The summed E-state index contributed by atoms with van der Waals surface area (Å²) in [6.45, 7) is 9.37. The highest BCUT2D eigenvalue weighted by Gasteiger charge is 1.96. The molecule has 0 bridgehead atoms. The Morgan fingerprint density at radius 1 is 1.24 bits per heavy atom. The van der Waals surface area contributed by atoms with Crippen molar-refractivity contribution in [3.05, 3.63) is 23.8 Å². The maximum atomic E-state index is 10.3. The number of aliphatic carboxylic acids is 2. The highest BCUT2D eigenvalue weighted by molar-refractivity contribution is 5.85. The lowest BCUT2D eigenvalue weighted by molar-refractivity contribution is -0.133. The van der Waals surface area contributed by atoms with E-state index in [4.69, 9.17) is 14.9 Å². The van der Waals surface area contributed by atoms with Gasteiger partial charge >= 0.3 is 11.9 Å². The normalized spacial score (nSPS) is 10.2. The molecule has 0 amide bonds. The molecule has 2 N–H and O–H groups in total. The lowest BCUT2D eigenvalue weighted by Crippen LogP contribution is -1.97. The first-order valence-electron chi connectivity index (χ1n) is 5.19. The van der Waals surface area contributed by atoms with Crippen LogP contribution in [0.15, 0.2) is 23.8 Å². The Hall–Kier alpha value is -1.62. The van der Waals surface area contributed by atoms with Gasteiger partial charge in [-0.1, -0.05) is 12.7 Å². The number of carboxylic acid groups (broad SMARTS) is 2. The third-order valence-corrected chi connectivity index (χ3v) is 1.62. The fraction of sp³-hybridized carbons (Fsp3) is 0.500. The molecule has 0 aliphatic heterocycles. The predicted octanol–water partition coefficient (Wildman–Crippen LogP) is 2.09. The lowest BCUT2D eigenvalue weighted by Gasteiger charge is -1.96. The quantitative estimate of drug-likeness (QED) is 0.552. The van der Waals surface area contributed by atoms with Gasteiger partial charge in [0, 0.05) is 17.8 Å². The minimum absolute atomic E-state index is 0.176. The van der Waals surface area contributed by atoms with Gasteiger partial charge < -0.3 is 14.9 Å². The summed E-state index contributed by atoms with van der Waals surface area (Å²) in [7, 11) is 0. The molecule has 0 heterocycles. The van der Waals surface area contributed by atoms with Crippen LogP contribution < -0.4 is 0 Å². The molecule has 0 saturated carbocycles. The van der Waals surface area contributed by atoms with Crippen LogP contribution in [0.4, 0.5) is 0 Å². The van der Waals surface area contributed by atoms with Crippen LogP contribution in [0.2, 0.25) is 0 Å². The summed E-state index contributed by atoms with van der Waals surface area (Å²) in [6.07, 6.45) is 2.34. The van der Waals surface area contributed by atoms with Gasteiger partial charge in [-0.2, -0.15) is 0 Å². The van der Waals surface area contributed by atoms with Crippen molar-refractivity contribution >= 4 is 11.9 Å². The van der Waals surface area contributed by atoms with Gasteiger partial charge in [0.25, 0.3) is 0 Å². The first-order valence-corrected chi connectivity index (χ1v) is 5.19. The second-order valence-electron chi connectivity index (χ2n) is 3.26. The van der Waals surface area contributed by atoms with Crippen molar-refractivity contribution < 1.29 is 24.5 Å². The Kier molecular flexibility index (Phi) is 11.4. The first-order chi connectivity index (χ1) is 7.82. The SMILES string of the molecule is C=C(C)C(=O)O.CCOCCC=C(C)C(=O)O. The highest BCUT2D eigenvalue weighted by Crippen LogP contribution is 1.95. The lowest BCUT2D eigenvalue weighted by atomic mass is 10.2. The molecule has 0 aromatic carbocycles. The Balaban J connectivity index is 0. The molecule has 17 heavy (non-hydrogen) atoms. The molecular weight excluding hydrogens is 224 g/mol. The molecule has 98 valence electrons. The zero-order chi connectivity index (χ0) is 13.8. The molecule has 0 unspecified atom stereocenters. The zero-order valence-corrected chi connectivity index (χ0v) is 10.5. The molecule has 0 aromatic heterocycles. The van der Waals surface area contributed by atoms with E-state index >= 15 is 0 Å². The van der Waals surface area contributed by atoms with E-state index in [-0.39, 0.29) is 5.57 Å². The average Bonchev–Trinajstić information content (AvgIpc) is 2.24. The van der Waals surface area contributed by atoms with Gasteiger partial charge in [0.1, 0.15) is 0 Å². The van der Waals surface area contributed by atoms with Crippen LogP contribution in [0, 0.1) is 0 Å². The average molecular weight is 244 g/mol. The van der Waals surface area contributed by atoms with Crippen LogP contribution in [0.25, 0.3) is 0 Å². The van der Waals surface area contributed by atoms with E-state index in [1.807, 2.05) is 6.92 Å². The van der Waals surface area contributed by atoms with E-state index < -0.39 is 11.9 Å². The van der Waals surface area contributed by atoms with E-state index in [0.717, 1.165) is 0 Å². The summed E-state index contributed by atoms with van der Waals surface area (Å²) in [4.78, 5) is 19.9. The van der Waals surface area contributed by atoms with E-state index in [2.05, 4.69) is 6.58 Å². The van der Waals surface area contributed by atoms with Gasteiger partial charge in [-0.25, -0.2) is 9.59 Å². The molecule has 0 aliphatic rings. The Morgan fingerprint density at radius 3 is 2.00 bits per heavy atom. The molecule has 0 saturated heterocycles. The van der Waals surface area contributed by atoms with E-state index in [0.29, 0.717) is 25.2 Å². The first kappa shape index (κ1) is 17.8. The highest BCUT2D eigenvalue weighted by atomic mass is 16.5. The van der Waals surface area contributed by atoms with Crippen LogP contribution in [-0.4, -0.2) is 35.4 Å². The molecule has 5 heteroatoms. The summed E-state index contributed by atoms with van der Waals surface area (Å²) in [5.41, 5.74) is 0.555. The Bertz CT molecular complexity index is 279. The summed E-state index contributed by atoms with van der Waals surface area (Å²) < 4.78 is 5.03. The topological polar surface area (TPSA) is 83.8 Å². The summed E-state index contributed by atoms with van der Waals surface area (Å²) in [5, 5.41) is 16.3. The number of ether oxygens (including phenoxy) is 1. The molecule has 5 nitrogen and oxygen atoms in total. The van der Waals surface area contributed by atoms with Crippen molar-refractivity contribution in [3.63, 3.8) is 0 Å². The number of carbonyl (C=O) groups is 2. The molecule has 0 rings (SSSR count). The van der Waals surface area contributed by atoms with Crippen LogP contribution >= 0.6 is 0 Å². The van der Waals surface area contributed by atoms with Crippen molar-refractivity contribution in [1.82, 2.24) is 0 Å². The predicted molar refractivity (Wildman–Crippen MR) is 65.0 cm³/mol. The van der Waals surface area contributed by atoms with Crippen molar-refractivity contribution in [3.8, 4) is 0 Å². The number of carboxylic acids is 2. The maximum Gasteiger partial charge on any atom is 0.330 e. The van der Waals surface area contributed by atoms with Gasteiger partial charge in [-0.15, -0.1) is 0 Å². The summed E-state index contributed by atoms with van der Waals surface area (Å²) >= 11 is 0. The summed E-state index contributed by atoms with van der Waals surface area (Å²) in [6, 6.07) is 0. The van der Waals surface area contributed by atoms with Crippen LogP contribution in [-0.2, 0) is 14.3 Å². The molecule has 0 aromatic rings. The van der Waals surface area contributed by atoms with Crippen molar-refractivity contribution in [2.75, 3.05) is 13.2 Å². The maximum absolute atomic E-state index is 10.3. The number of hydrogen-bond acceptors (Lipinski definition) is 3. The fourth-order valence-corrected chi connectivity index (χ4v) is 0.590. The molecule has 0 radical (unpaired) electrons. The second kappa shape index (κ2) is 10.9. The van der Waals surface area contributed by atoms with Crippen molar-refractivity contribution in [2.24, 2.45) is 0 Å². The van der Waals surface area contributed by atoms with Crippen LogP contribution in [0.3, 0.4) is 0 Å². The third-order valence-electron chi connectivity index (χ3n) is 1.62. The van der Waals surface area contributed by atoms with Gasteiger partial charge in [0.15, 0.2) is 0 Å². The van der Waals surface area contributed by atoms with Crippen molar-refractivity contribution in [1.29, 1.82) is 0 Å². The van der Waals surface area contributed by atoms with Gasteiger partial charge in [-0.05, 0) is 27.2 Å². The molecule has 0 atom stereocenters. The Labute approximate surface area is 101 Å². The third kappa shape index (κ3) is 14.4. The molecular formula is C12H20O5. The minimum Gasteiger partial charge on any atom is -0.478 e. The van der Waals surface area contributed by atoms with Crippen LogP contribution in [0.1, 0.15) is 27.2 Å². The second-order valence-corrected chi connectivity index (χ2v) is 3.26. The van der Waals surface area contributed by atoms with Gasteiger partial charge in [0.2, 0.25) is 0 Å². The zero-order valence-electron chi connectivity index (χ0n) is 10.5. The van der Waals surface area contributed by atoms with E-state index in [1.54, 1.807) is 13.0 Å². The molecule has 0 fully saturated rings. The van der Waals surface area contributed by atoms with Crippen molar-refractivity contribution in [2.45, 2.75) is 27.2 Å². The number of rotatable bonds is 6.